The minimum atomic E-state index is 1.16. The van der Waals surface area contributed by atoms with Crippen LogP contribution in [0.2, 0.25) is 0 Å². The average molecular weight is 178 g/mol. The Hall–Kier alpha value is -0.870. The number of allylic oxidation sites excluding steroid dienone is 5. The summed E-state index contributed by atoms with van der Waals surface area (Å²) in [6.45, 7) is 11.5. The van der Waals surface area contributed by atoms with Crippen LogP contribution in [0.15, 0.2) is 48.9 Å². The number of hydrogen-bond acceptors (Lipinski definition) is 0. The first-order valence-corrected chi connectivity index (χ1v) is 4.87. The van der Waals surface area contributed by atoms with E-state index >= 15 is 0 Å². The first kappa shape index (κ1) is 11.1. The molecule has 0 aliphatic rings. The number of hydrogen-bond donors (Lipinski definition) is 0. The van der Waals surface area contributed by atoms with Gasteiger partial charge in [0.1, 0.15) is 0 Å². The molecule has 0 aliphatic heterocycles. The van der Waals surface area contributed by atoms with Crippen LogP contribution in [0, 0.1) is 0 Å². The highest BCUT2D eigenvalue weighted by atomic mass is 31.1. The van der Waals surface area contributed by atoms with Gasteiger partial charge in [-0.05, 0) is 25.2 Å². The predicted octanol–water partition coefficient (Wildman–Crippen LogP) is 3.96. The predicted molar refractivity (Wildman–Crippen MR) is 60.9 cm³/mol. The zero-order valence-corrected chi connectivity index (χ0v) is 8.64. The summed E-state index contributed by atoms with van der Waals surface area (Å²) < 4.78 is 0. The van der Waals surface area contributed by atoms with E-state index < -0.39 is 0 Å². The minimum Gasteiger partial charge on any atom is -0.0984 e. The molecule has 0 radical (unpaired) electrons. The zero-order valence-electron chi connectivity index (χ0n) is 7.75. The Labute approximate surface area is 76.8 Å². The summed E-state index contributed by atoms with van der Waals surface area (Å²) in [5, 5.41) is 1.20. The quantitative estimate of drug-likeness (QED) is 0.451. The highest BCUT2D eigenvalue weighted by Gasteiger charge is 1.93. The molecule has 1 heteroatoms. The van der Waals surface area contributed by atoms with Crippen molar-refractivity contribution in [2.45, 2.75) is 13.8 Å². The lowest BCUT2D eigenvalue weighted by atomic mass is 10.2. The molecule has 12 heavy (non-hydrogen) atoms. The van der Waals surface area contributed by atoms with Gasteiger partial charge in [-0.25, -0.2) is 0 Å². The molecular formula is C11H15P. The standard InChI is InChI=1S/C11H15P/c1-5-9-12-11(8-4)10(6-2)7-3/h5-9H,2,4H2,1,3H3/b9-5-,10-7-. The van der Waals surface area contributed by atoms with E-state index in [1.807, 2.05) is 38.2 Å². The fraction of sp³-hybridized carbons (Fsp3) is 0.182. The average Bonchev–Trinajstić information content (AvgIpc) is 2.12. The molecule has 0 saturated carbocycles. The first-order valence-electron chi connectivity index (χ1n) is 3.90. The third kappa shape index (κ3) is 3.50. The van der Waals surface area contributed by atoms with Crippen LogP contribution in [0.1, 0.15) is 13.8 Å². The van der Waals surface area contributed by atoms with E-state index in [4.69, 9.17) is 0 Å². The van der Waals surface area contributed by atoms with Crippen LogP contribution >= 0.6 is 8.20 Å². The summed E-state index contributed by atoms with van der Waals surface area (Å²) in [5.41, 5.74) is 1.16. The van der Waals surface area contributed by atoms with Crippen molar-refractivity contribution < 1.29 is 0 Å². The third-order valence-corrected chi connectivity index (χ3v) is 2.55. The Morgan fingerprint density at radius 2 is 1.83 bits per heavy atom. The lowest BCUT2D eigenvalue weighted by Crippen LogP contribution is -1.90. The van der Waals surface area contributed by atoms with E-state index in [2.05, 4.69) is 19.0 Å². The van der Waals surface area contributed by atoms with Crippen LogP contribution in [-0.2, 0) is 0 Å². The summed E-state index contributed by atoms with van der Waals surface area (Å²) in [6, 6.07) is 0. The molecule has 0 aromatic rings. The van der Waals surface area contributed by atoms with Gasteiger partial charge in [-0.1, -0.05) is 45.7 Å². The van der Waals surface area contributed by atoms with E-state index in [1.165, 1.54) is 13.5 Å². The van der Waals surface area contributed by atoms with Crippen LogP contribution in [0.4, 0.5) is 0 Å². The van der Waals surface area contributed by atoms with Gasteiger partial charge in [0.2, 0.25) is 0 Å². The third-order valence-electron chi connectivity index (χ3n) is 1.38. The molecule has 0 N–H and O–H groups in total. The smallest absolute Gasteiger partial charge is 0.00806 e. The summed E-state index contributed by atoms with van der Waals surface area (Å²) >= 11 is 0. The van der Waals surface area contributed by atoms with Crippen LogP contribution in [0.25, 0.3) is 0 Å². The summed E-state index contributed by atoms with van der Waals surface area (Å²) in [5.74, 6) is 2.09. The molecule has 0 aromatic heterocycles. The Kier molecular flexibility index (Phi) is 6.32. The van der Waals surface area contributed by atoms with Crippen molar-refractivity contribution in [1.29, 1.82) is 0 Å². The van der Waals surface area contributed by atoms with E-state index in [0.717, 1.165) is 5.57 Å². The highest BCUT2D eigenvalue weighted by molar-refractivity contribution is 7.45. The molecule has 0 unspecified atom stereocenters. The Morgan fingerprint density at radius 1 is 1.17 bits per heavy atom. The molecule has 0 saturated heterocycles. The summed E-state index contributed by atoms with van der Waals surface area (Å²) in [4.78, 5) is 0. The summed E-state index contributed by atoms with van der Waals surface area (Å²) in [7, 11) is 1.18. The highest BCUT2D eigenvalue weighted by Crippen LogP contribution is 2.11. The lowest BCUT2D eigenvalue weighted by Gasteiger charge is -1.98. The van der Waals surface area contributed by atoms with Gasteiger partial charge in [0.15, 0.2) is 0 Å². The van der Waals surface area contributed by atoms with Crippen molar-refractivity contribution in [3.63, 3.8) is 0 Å². The summed E-state index contributed by atoms with van der Waals surface area (Å²) in [6.07, 6.45) is 7.80. The molecule has 0 bridgehead atoms. The maximum Gasteiger partial charge on any atom is 0.00806 e. The molecule has 0 aliphatic carbocycles. The van der Waals surface area contributed by atoms with Gasteiger partial charge in [-0.2, -0.15) is 0 Å². The van der Waals surface area contributed by atoms with Gasteiger partial charge in [-0.15, -0.1) is 0 Å². The normalized spacial score (nSPS) is 13.5. The Bertz CT molecular complexity index is 242. The van der Waals surface area contributed by atoms with Gasteiger partial charge in [0.25, 0.3) is 0 Å². The minimum absolute atomic E-state index is 1.16. The van der Waals surface area contributed by atoms with Crippen LogP contribution in [-0.4, -0.2) is 5.29 Å². The van der Waals surface area contributed by atoms with Crippen molar-refractivity contribution >= 4 is 13.5 Å². The first-order chi connectivity index (χ1) is 5.79. The molecule has 0 atom stereocenters. The lowest BCUT2D eigenvalue weighted by molar-refractivity contribution is 1.68. The van der Waals surface area contributed by atoms with Gasteiger partial charge in [0, 0.05) is 5.29 Å². The molecule has 0 nitrogen and oxygen atoms in total. The molecule has 0 spiro atoms. The van der Waals surface area contributed by atoms with E-state index in [0.29, 0.717) is 0 Å². The SMILES string of the molecule is C=CC(=C/C)/C(C=C)=P\C=C/C. The molecular weight excluding hydrogens is 163 g/mol. The molecule has 0 rings (SSSR count). The van der Waals surface area contributed by atoms with E-state index in [9.17, 15) is 0 Å². The van der Waals surface area contributed by atoms with Gasteiger partial charge >= 0.3 is 0 Å². The Morgan fingerprint density at radius 3 is 2.17 bits per heavy atom. The van der Waals surface area contributed by atoms with Crippen molar-refractivity contribution in [1.82, 2.24) is 0 Å². The van der Waals surface area contributed by atoms with Crippen molar-refractivity contribution in [2.24, 2.45) is 0 Å². The fourth-order valence-electron chi connectivity index (χ4n) is 0.770. The second kappa shape index (κ2) is 6.82. The largest absolute Gasteiger partial charge is 0.0984 e. The number of rotatable bonds is 4. The van der Waals surface area contributed by atoms with Crippen LogP contribution < -0.4 is 0 Å². The van der Waals surface area contributed by atoms with E-state index in [1.54, 1.807) is 0 Å². The molecule has 64 valence electrons. The van der Waals surface area contributed by atoms with Gasteiger partial charge < -0.3 is 0 Å². The second-order valence-electron chi connectivity index (χ2n) is 2.15. The van der Waals surface area contributed by atoms with Crippen LogP contribution in [0.3, 0.4) is 0 Å². The maximum atomic E-state index is 3.76. The topological polar surface area (TPSA) is 0 Å². The van der Waals surface area contributed by atoms with Gasteiger partial charge in [-0.3, -0.25) is 0 Å². The van der Waals surface area contributed by atoms with Crippen molar-refractivity contribution in [2.75, 3.05) is 0 Å². The van der Waals surface area contributed by atoms with E-state index in [-0.39, 0.29) is 0 Å². The molecule has 0 heterocycles. The molecule has 0 aromatic carbocycles. The monoisotopic (exact) mass is 178 g/mol. The molecule has 0 amide bonds. The zero-order chi connectivity index (χ0) is 9.40. The Balaban J connectivity index is 4.76. The second-order valence-corrected chi connectivity index (χ2v) is 3.19. The maximum absolute atomic E-state index is 3.76. The molecule has 0 fully saturated rings. The van der Waals surface area contributed by atoms with Gasteiger partial charge in [0.05, 0.1) is 0 Å². The fourth-order valence-corrected chi connectivity index (χ4v) is 1.55. The van der Waals surface area contributed by atoms with Crippen molar-refractivity contribution in [3.8, 4) is 0 Å². The van der Waals surface area contributed by atoms with Crippen molar-refractivity contribution in [3.05, 3.63) is 48.9 Å². The van der Waals surface area contributed by atoms with Crippen LogP contribution in [0.5, 0.6) is 0 Å².